The number of rotatable bonds is 5. The molecule has 0 saturated heterocycles. The van der Waals surface area contributed by atoms with Crippen molar-refractivity contribution in [1.82, 2.24) is 14.7 Å². The lowest BCUT2D eigenvalue weighted by atomic mass is 10.2. The number of carbonyl (C=O) groups excluding carboxylic acids is 1. The van der Waals surface area contributed by atoms with Gasteiger partial charge in [-0.15, -0.1) is 11.3 Å². The zero-order valence-electron chi connectivity index (χ0n) is 12.0. The van der Waals surface area contributed by atoms with Crippen LogP contribution in [-0.2, 0) is 11.8 Å². The topological polar surface area (TPSA) is 75.4 Å². The molecule has 2 heterocycles. The lowest BCUT2D eigenvalue weighted by Gasteiger charge is -2.19. The zero-order valence-corrected chi connectivity index (χ0v) is 12.8. The summed E-state index contributed by atoms with van der Waals surface area (Å²) in [6.45, 7) is 2.21. The average molecular weight is 307 g/mol. The molecule has 1 N–H and O–H groups in total. The quantitative estimate of drug-likeness (QED) is 0.915. The fourth-order valence-corrected chi connectivity index (χ4v) is 3.55. The maximum atomic E-state index is 12.6. The average Bonchev–Trinajstić information content (AvgIpc) is 3.03. The highest BCUT2D eigenvalue weighted by atomic mass is 32.1. The van der Waals surface area contributed by atoms with Crippen LogP contribution in [0.25, 0.3) is 10.2 Å². The second-order valence-corrected chi connectivity index (χ2v) is 6.59. The van der Waals surface area contributed by atoms with E-state index in [-0.39, 0.29) is 12.5 Å². The van der Waals surface area contributed by atoms with Crippen LogP contribution < -0.4 is 0 Å². The SMILES string of the molecule is Cc1nn(C)c2sc(C(=O)N(CC(=O)O)CC3CC3)cc12. The summed E-state index contributed by atoms with van der Waals surface area (Å²) in [6, 6.07) is 1.83. The van der Waals surface area contributed by atoms with Gasteiger partial charge in [-0.05, 0) is 31.7 Å². The van der Waals surface area contributed by atoms with Crippen LogP contribution in [0.2, 0.25) is 0 Å². The van der Waals surface area contributed by atoms with Crippen molar-refractivity contribution in [2.75, 3.05) is 13.1 Å². The Morgan fingerprint density at radius 1 is 1.52 bits per heavy atom. The van der Waals surface area contributed by atoms with Crippen LogP contribution in [0.3, 0.4) is 0 Å². The number of nitrogens with zero attached hydrogens (tertiary/aromatic N) is 3. The van der Waals surface area contributed by atoms with Crippen molar-refractivity contribution in [3.63, 3.8) is 0 Å². The Balaban J connectivity index is 1.88. The van der Waals surface area contributed by atoms with Crippen molar-refractivity contribution in [1.29, 1.82) is 0 Å². The smallest absolute Gasteiger partial charge is 0.323 e. The number of thiophene rings is 1. The van der Waals surface area contributed by atoms with Crippen LogP contribution in [0.1, 0.15) is 28.2 Å². The van der Waals surface area contributed by atoms with Crippen LogP contribution in [0.4, 0.5) is 0 Å². The molecule has 1 aliphatic carbocycles. The maximum Gasteiger partial charge on any atom is 0.323 e. The van der Waals surface area contributed by atoms with Gasteiger partial charge in [0.15, 0.2) is 0 Å². The molecule has 2 aromatic rings. The number of aryl methyl sites for hydroxylation is 2. The van der Waals surface area contributed by atoms with Gasteiger partial charge < -0.3 is 10.0 Å². The number of carboxylic acid groups (broad SMARTS) is 1. The van der Waals surface area contributed by atoms with Crippen LogP contribution in [0.5, 0.6) is 0 Å². The number of carboxylic acids is 1. The molecule has 7 heteroatoms. The molecule has 0 bridgehead atoms. The predicted molar refractivity (Wildman–Crippen MR) is 79.6 cm³/mol. The third kappa shape index (κ3) is 2.78. The molecule has 3 rings (SSSR count). The number of aromatic nitrogens is 2. The van der Waals surface area contributed by atoms with E-state index < -0.39 is 5.97 Å². The summed E-state index contributed by atoms with van der Waals surface area (Å²) in [5.41, 5.74) is 0.884. The number of hydrogen-bond donors (Lipinski definition) is 1. The van der Waals surface area contributed by atoms with Crippen LogP contribution in [-0.4, -0.2) is 44.8 Å². The Bertz CT molecular complexity index is 680. The molecule has 1 amide bonds. The second-order valence-electron chi connectivity index (χ2n) is 5.56. The van der Waals surface area contributed by atoms with E-state index in [1.54, 1.807) is 4.68 Å². The Kier molecular flexibility index (Phi) is 3.44. The van der Waals surface area contributed by atoms with Crippen LogP contribution in [0, 0.1) is 12.8 Å². The molecule has 0 unspecified atom stereocenters. The van der Waals surface area contributed by atoms with Crippen molar-refractivity contribution in [3.8, 4) is 0 Å². The number of hydrogen-bond acceptors (Lipinski definition) is 4. The van der Waals surface area contributed by atoms with Gasteiger partial charge in [0.25, 0.3) is 5.91 Å². The molecule has 1 saturated carbocycles. The van der Waals surface area contributed by atoms with Crippen molar-refractivity contribution in [2.24, 2.45) is 13.0 Å². The van der Waals surface area contributed by atoms with E-state index in [2.05, 4.69) is 5.10 Å². The standard InChI is InChI=1S/C14H17N3O3S/c1-8-10-5-11(21-14(10)16(2)15-8)13(20)17(7-12(18)19)6-9-3-4-9/h5,9H,3-4,6-7H2,1-2H3,(H,18,19). The van der Waals surface area contributed by atoms with Gasteiger partial charge in [-0.3, -0.25) is 14.3 Å². The monoisotopic (exact) mass is 307 g/mol. The molecular formula is C14H17N3O3S. The summed E-state index contributed by atoms with van der Waals surface area (Å²) in [5.74, 6) is -0.695. The Hall–Kier alpha value is -1.89. The molecular weight excluding hydrogens is 290 g/mol. The third-order valence-electron chi connectivity index (χ3n) is 3.70. The first-order valence-corrected chi connectivity index (χ1v) is 7.71. The van der Waals surface area contributed by atoms with E-state index in [0.717, 1.165) is 28.8 Å². The van der Waals surface area contributed by atoms with Crippen molar-refractivity contribution in [3.05, 3.63) is 16.6 Å². The molecule has 6 nitrogen and oxygen atoms in total. The van der Waals surface area contributed by atoms with Crippen LogP contribution in [0.15, 0.2) is 6.07 Å². The van der Waals surface area contributed by atoms with Gasteiger partial charge in [0.05, 0.1) is 10.6 Å². The summed E-state index contributed by atoms with van der Waals surface area (Å²) in [4.78, 5) is 26.5. The highest BCUT2D eigenvalue weighted by molar-refractivity contribution is 7.20. The van der Waals surface area contributed by atoms with E-state index in [0.29, 0.717) is 17.3 Å². The number of amides is 1. The highest BCUT2D eigenvalue weighted by Crippen LogP contribution is 2.32. The van der Waals surface area contributed by atoms with Gasteiger partial charge in [0.1, 0.15) is 11.4 Å². The molecule has 112 valence electrons. The van der Waals surface area contributed by atoms with Crippen molar-refractivity contribution in [2.45, 2.75) is 19.8 Å². The van der Waals surface area contributed by atoms with Crippen molar-refractivity contribution < 1.29 is 14.7 Å². The van der Waals surface area contributed by atoms with Gasteiger partial charge in [-0.1, -0.05) is 0 Å². The Labute approximate surface area is 126 Å². The van der Waals surface area contributed by atoms with Gasteiger partial charge in [0.2, 0.25) is 0 Å². The molecule has 0 aliphatic heterocycles. The predicted octanol–water partition coefficient (Wildman–Crippen LogP) is 1.88. The van der Waals surface area contributed by atoms with Crippen LogP contribution >= 0.6 is 11.3 Å². The second kappa shape index (κ2) is 5.14. The Morgan fingerprint density at radius 2 is 2.24 bits per heavy atom. The third-order valence-corrected chi connectivity index (χ3v) is 4.89. The molecule has 0 atom stereocenters. The molecule has 21 heavy (non-hydrogen) atoms. The minimum atomic E-state index is -0.969. The first-order valence-electron chi connectivity index (χ1n) is 6.90. The Morgan fingerprint density at radius 3 is 2.81 bits per heavy atom. The lowest BCUT2D eigenvalue weighted by molar-refractivity contribution is -0.137. The van der Waals surface area contributed by atoms with Gasteiger partial charge in [0, 0.05) is 19.0 Å². The van der Waals surface area contributed by atoms with E-state index in [9.17, 15) is 9.59 Å². The maximum absolute atomic E-state index is 12.6. The lowest BCUT2D eigenvalue weighted by Crippen LogP contribution is -2.36. The molecule has 2 aromatic heterocycles. The summed E-state index contributed by atoms with van der Waals surface area (Å²) in [5, 5.41) is 14.3. The van der Waals surface area contributed by atoms with Gasteiger partial charge in [-0.25, -0.2) is 0 Å². The van der Waals surface area contributed by atoms with Crippen molar-refractivity contribution >= 4 is 33.4 Å². The number of carbonyl (C=O) groups is 2. The fourth-order valence-electron chi connectivity index (χ4n) is 2.46. The normalized spacial score (nSPS) is 14.6. The molecule has 1 aliphatic rings. The molecule has 0 aromatic carbocycles. The van der Waals surface area contributed by atoms with Gasteiger partial charge in [-0.2, -0.15) is 5.10 Å². The summed E-state index contributed by atoms with van der Waals surface area (Å²) < 4.78 is 1.76. The molecule has 0 radical (unpaired) electrons. The van der Waals surface area contributed by atoms with E-state index in [1.807, 2.05) is 20.0 Å². The summed E-state index contributed by atoms with van der Waals surface area (Å²) in [6.07, 6.45) is 2.16. The molecule has 1 fully saturated rings. The first-order chi connectivity index (χ1) is 9.95. The van der Waals surface area contributed by atoms with E-state index in [1.165, 1.54) is 16.2 Å². The van der Waals surface area contributed by atoms with Gasteiger partial charge >= 0.3 is 5.97 Å². The molecule has 0 spiro atoms. The minimum absolute atomic E-state index is 0.190. The summed E-state index contributed by atoms with van der Waals surface area (Å²) in [7, 11) is 1.85. The van der Waals surface area contributed by atoms with E-state index in [4.69, 9.17) is 5.11 Å². The first kappa shape index (κ1) is 14.1. The summed E-state index contributed by atoms with van der Waals surface area (Å²) >= 11 is 1.37. The number of aliphatic carboxylic acids is 1. The minimum Gasteiger partial charge on any atom is -0.480 e. The van der Waals surface area contributed by atoms with E-state index >= 15 is 0 Å². The fraction of sp³-hybridized carbons (Fsp3) is 0.500. The highest BCUT2D eigenvalue weighted by Gasteiger charge is 2.29. The zero-order chi connectivity index (χ0) is 15.1. The largest absolute Gasteiger partial charge is 0.480 e. The number of fused-ring (bicyclic) bond motifs is 1.